The molecule has 0 bridgehead atoms. The molecule has 1 unspecified atom stereocenters. The zero-order valence-electron chi connectivity index (χ0n) is 11.5. The van der Waals surface area contributed by atoms with Crippen molar-refractivity contribution in [2.45, 2.75) is 6.10 Å². The van der Waals surface area contributed by atoms with Gasteiger partial charge in [0.25, 0.3) is 0 Å². The van der Waals surface area contributed by atoms with Crippen molar-refractivity contribution >= 4 is 11.6 Å². The lowest BCUT2D eigenvalue weighted by atomic mass is 10.1. The second kappa shape index (κ2) is 6.98. The molecule has 2 N–H and O–H groups in total. The molecule has 0 spiro atoms. The molecule has 0 amide bonds. The number of hydrogen-bond donors (Lipinski definition) is 1. The Morgan fingerprint density at radius 1 is 1.24 bits per heavy atom. The molecule has 108 valence electrons. The summed E-state index contributed by atoms with van der Waals surface area (Å²) in [5.74, 6) is 1.09. The molecule has 1 atom stereocenters. The molecule has 2 rings (SSSR count). The third-order valence-corrected chi connectivity index (χ3v) is 3.19. The minimum atomic E-state index is -0.345. The Morgan fingerprint density at radius 2 is 2.00 bits per heavy atom. The summed E-state index contributed by atoms with van der Waals surface area (Å²) in [5, 5.41) is 9.65. The first kappa shape index (κ1) is 15.2. The van der Waals surface area contributed by atoms with Gasteiger partial charge in [0.1, 0.15) is 17.6 Å². The molecule has 0 saturated heterocycles. The monoisotopic (exact) mass is 302 g/mol. The van der Waals surface area contributed by atoms with Gasteiger partial charge in [-0.3, -0.25) is 0 Å². The Bertz CT molecular complexity index is 668. The molecule has 0 heterocycles. The summed E-state index contributed by atoms with van der Waals surface area (Å²) in [6.45, 7) is 0.291. The number of methoxy groups -OCH3 is 1. The molecule has 0 aliphatic heterocycles. The van der Waals surface area contributed by atoms with E-state index in [9.17, 15) is 0 Å². The number of benzene rings is 2. The van der Waals surface area contributed by atoms with E-state index in [4.69, 9.17) is 32.1 Å². The topological polar surface area (TPSA) is 68.3 Å². The molecule has 0 radical (unpaired) electrons. The third-order valence-electron chi connectivity index (χ3n) is 2.96. The number of nitriles is 1. The van der Waals surface area contributed by atoms with Crippen LogP contribution >= 0.6 is 11.6 Å². The standard InChI is InChI=1S/C16H15ClN2O2/c1-20-14-5-11(9-18)6-15(8-14)21-16(10-19)12-3-2-4-13(17)7-12/h2-8,16H,10,19H2,1H3. The summed E-state index contributed by atoms with van der Waals surface area (Å²) in [6.07, 6.45) is -0.345. The molecule has 21 heavy (non-hydrogen) atoms. The van der Waals surface area contributed by atoms with Gasteiger partial charge >= 0.3 is 0 Å². The minimum absolute atomic E-state index is 0.291. The Balaban J connectivity index is 2.28. The lowest BCUT2D eigenvalue weighted by molar-refractivity contribution is 0.213. The van der Waals surface area contributed by atoms with Crippen molar-refractivity contribution in [1.29, 1.82) is 5.26 Å². The first-order valence-electron chi connectivity index (χ1n) is 6.37. The number of hydrogen-bond acceptors (Lipinski definition) is 4. The lowest BCUT2D eigenvalue weighted by Gasteiger charge is -2.18. The molecular formula is C16H15ClN2O2. The van der Waals surface area contributed by atoms with Crippen LogP contribution in [0.3, 0.4) is 0 Å². The molecule has 2 aromatic carbocycles. The Hall–Kier alpha value is -2.22. The molecule has 0 aliphatic rings. The van der Waals surface area contributed by atoms with Crippen LogP contribution in [-0.4, -0.2) is 13.7 Å². The maximum atomic E-state index is 9.02. The second-order valence-corrected chi connectivity index (χ2v) is 4.84. The van der Waals surface area contributed by atoms with Crippen LogP contribution in [-0.2, 0) is 0 Å². The largest absolute Gasteiger partial charge is 0.497 e. The smallest absolute Gasteiger partial charge is 0.136 e. The predicted octanol–water partition coefficient (Wildman–Crippen LogP) is 3.30. The lowest BCUT2D eigenvalue weighted by Crippen LogP contribution is -2.18. The Kier molecular flexibility index (Phi) is 5.04. The number of nitrogens with two attached hydrogens (primary N) is 1. The van der Waals surface area contributed by atoms with Crippen LogP contribution in [0.2, 0.25) is 5.02 Å². The van der Waals surface area contributed by atoms with Gasteiger partial charge in [-0.05, 0) is 29.8 Å². The normalized spacial score (nSPS) is 11.5. The van der Waals surface area contributed by atoms with Gasteiger partial charge < -0.3 is 15.2 Å². The Labute approximate surface area is 128 Å². The van der Waals surface area contributed by atoms with Crippen LogP contribution in [0, 0.1) is 11.3 Å². The van der Waals surface area contributed by atoms with Gasteiger partial charge in [0.15, 0.2) is 0 Å². The molecule has 0 saturated carbocycles. The van der Waals surface area contributed by atoms with Crippen molar-refractivity contribution in [3.63, 3.8) is 0 Å². The fourth-order valence-electron chi connectivity index (χ4n) is 1.95. The zero-order valence-corrected chi connectivity index (χ0v) is 12.3. The average molecular weight is 303 g/mol. The summed E-state index contributed by atoms with van der Waals surface area (Å²) in [4.78, 5) is 0. The summed E-state index contributed by atoms with van der Waals surface area (Å²) in [5.41, 5.74) is 7.12. The maximum Gasteiger partial charge on any atom is 0.136 e. The number of nitrogens with zero attached hydrogens (tertiary/aromatic N) is 1. The van der Waals surface area contributed by atoms with Gasteiger partial charge in [-0.2, -0.15) is 5.26 Å². The first-order chi connectivity index (χ1) is 10.2. The SMILES string of the molecule is COc1cc(C#N)cc(OC(CN)c2cccc(Cl)c2)c1. The van der Waals surface area contributed by atoms with Crippen molar-refractivity contribution in [1.82, 2.24) is 0 Å². The van der Waals surface area contributed by atoms with Gasteiger partial charge in [0, 0.05) is 17.6 Å². The van der Waals surface area contributed by atoms with E-state index in [1.54, 1.807) is 24.3 Å². The van der Waals surface area contributed by atoms with Gasteiger partial charge in [-0.1, -0.05) is 23.7 Å². The van der Waals surface area contributed by atoms with Crippen molar-refractivity contribution in [2.75, 3.05) is 13.7 Å². The minimum Gasteiger partial charge on any atom is -0.497 e. The number of halogens is 1. The van der Waals surface area contributed by atoms with Crippen molar-refractivity contribution in [2.24, 2.45) is 5.73 Å². The highest BCUT2D eigenvalue weighted by Gasteiger charge is 2.13. The van der Waals surface area contributed by atoms with E-state index in [1.165, 1.54) is 7.11 Å². The van der Waals surface area contributed by atoms with Crippen LogP contribution in [0.4, 0.5) is 0 Å². The van der Waals surface area contributed by atoms with Crippen LogP contribution in [0.1, 0.15) is 17.2 Å². The molecule has 5 heteroatoms. The second-order valence-electron chi connectivity index (χ2n) is 4.41. The van der Waals surface area contributed by atoms with Crippen molar-refractivity contribution in [3.05, 3.63) is 58.6 Å². The van der Waals surface area contributed by atoms with Gasteiger partial charge in [-0.25, -0.2) is 0 Å². The zero-order chi connectivity index (χ0) is 15.2. The predicted molar refractivity (Wildman–Crippen MR) is 81.6 cm³/mol. The van der Waals surface area contributed by atoms with E-state index < -0.39 is 0 Å². The van der Waals surface area contributed by atoms with Crippen molar-refractivity contribution in [3.8, 4) is 17.6 Å². The molecular weight excluding hydrogens is 288 g/mol. The molecule has 4 nitrogen and oxygen atoms in total. The van der Waals surface area contributed by atoms with Crippen molar-refractivity contribution < 1.29 is 9.47 Å². The number of ether oxygens (including phenoxy) is 2. The van der Waals surface area contributed by atoms with Crippen LogP contribution in [0.25, 0.3) is 0 Å². The van der Waals surface area contributed by atoms with E-state index >= 15 is 0 Å². The van der Waals surface area contributed by atoms with E-state index in [1.807, 2.05) is 18.2 Å². The van der Waals surface area contributed by atoms with Crippen LogP contribution < -0.4 is 15.2 Å². The van der Waals surface area contributed by atoms with Gasteiger partial charge in [0.2, 0.25) is 0 Å². The number of rotatable bonds is 5. The fraction of sp³-hybridized carbons (Fsp3) is 0.188. The molecule has 0 fully saturated rings. The van der Waals surface area contributed by atoms with E-state index in [-0.39, 0.29) is 6.10 Å². The highest BCUT2D eigenvalue weighted by Crippen LogP contribution is 2.27. The van der Waals surface area contributed by atoms with E-state index in [0.29, 0.717) is 28.6 Å². The fourth-order valence-corrected chi connectivity index (χ4v) is 2.14. The molecule has 2 aromatic rings. The van der Waals surface area contributed by atoms with E-state index in [0.717, 1.165) is 5.56 Å². The third kappa shape index (κ3) is 3.88. The van der Waals surface area contributed by atoms with Gasteiger partial charge in [-0.15, -0.1) is 0 Å². The van der Waals surface area contributed by atoms with E-state index in [2.05, 4.69) is 6.07 Å². The molecule has 0 aromatic heterocycles. The quantitative estimate of drug-likeness (QED) is 0.920. The Morgan fingerprint density at radius 3 is 2.62 bits per heavy atom. The van der Waals surface area contributed by atoms with Crippen LogP contribution in [0.15, 0.2) is 42.5 Å². The summed E-state index contributed by atoms with van der Waals surface area (Å²) in [6, 6.07) is 14.4. The average Bonchev–Trinajstić information content (AvgIpc) is 2.52. The highest BCUT2D eigenvalue weighted by molar-refractivity contribution is 6.30. The van der Waals surface area contributed by atoms with Gasteiger partial charge in [0.05, 0.1) is 18.7 Å². The van der Waals surface area contributed by atoms with Crippen LogP contribution in [0.5, 0.6) is 11.5 Å². The summed E-state index contributed by atoms with van der Waals surface area (Å²) in [7, 11) is 1.54. The summed E-state index contributed by atoms with van der Waals surface area (Å²) >= 11 is 5.98. The highest BCUT2D eigenvalue weighted by atomic mass is 35.5. The molecule has 0 aliphatic carbocycles. The maximum absolute atomic E-state index is 9.02. The summed E-state index contributed by atoms with van der Waals surface area (Å²) < 4.78 is 11.0. The first-order valence-corrected chi connectivity index (χ1v) is 6.75.